The molecule has 4 nitrogen and oxygen atoms in total. The molecule has 0 saturated carbocycles. The van der Waals surface area contributed by atoms with E-state index >= 15 is 0 Å². The summed E-state index contributed by atoms with van der Waals surface area (Å²) in [7, 11) is 0. The molecule has 0 fully saturated rings. The number of hydrogen-bond donors (Lipinski definition) is 1. The zero-order chi connectivity index (χ0) is 16.1. The summed E-state index contributed by atoms with van der Waals surface area (Å²) in [5.74, 6) is 0.671. The molecule has 3 aromatic rings. The average Bonchev–Trinajstić information content (AvgIpc) is 3.05. The van der Waals surface area contributed by atoms with E-state index in [1.165, 1.54) is 24.3 Å². The van der Waals surface area contributed by atoms with Crippen molar-refractivity contribution >= 4 is 11.6 Å². The second-order valence-electron chi connectivity index (χ2n) is 4.83. The van der Waals surface area contributed by atoms with Crippen LogP contribution in [0.5, 0.6) is 5.75 Å². The van der Waals surface area contributed by atoms with Gasteiger partial charge in [-0.15, -0.1) is 0 Å². The number of carbonyl (C=O) groups is 1. The third-order valence-corrected chi connectivity index (χ3v) is 3.11. The Kier molecular flexibility index (Phi) is 4.38. The molecule has 0 aliphatic carbocycles. The van der Waals surface area contributed by atoms with E-state index in [9.17, 15) is 9.18 Å². The van der Waals surface area contributed by atoms with E-state index < -0.39 is 5.91 Å². The van der Waals surface area contributed by atoms with Gasteiger partial charge in [0, 0.05) is 5.69 Å². The topological polar surface area (TPSA) is 51.5 Å². The van der Waals surface area contributed by atoms with Crippen LogP contribution in [0.2, 0.25) is 0 Å². The quantitative estimate of drug-likeness (QED) is 0.766. The molecule has 0 aliphatic heterocycles. The number of furan rings is 1. The van der Waals surface area contributed by atoms with Gasteiger partial charge in [0.05, 0.1) is 0 Å². The minimum atomic E-state index is -0.400. The standard InChI is InChI=1S/C18H14FNO3/c19-13-6-8-14(9-7-13)20-18(21)17-11-10-16(23-17)12-22-15-4-2-1-3-5-15/h1-11H,12H2,(H,20,21). The highest BCUT2D eigenvalue weighted by atomic mass is 19.1. The molecule has 3 rings (SSSR count). The first-order valence-electron chi connectivity index (χ1n) is 7.04. The van der Waals surface area contributed by atoms with E-state index in [2.05, 4.69) is 5.32 Å². The highest BCUT2D eigenvalue weighted by molar-refractivity contribution is 6.02. The van der Waals surface area contributed by atoms with Crippen LogP contribution in [0.25, 0.3) is 0 Å². The highest BCUT2D eigenvalue weighted by Gasteiger charge is 2.12. The Morgan fingerprint density at radius 3 is 2.48 bits per heavy atom. The molecule has 0 spiro atoms. The first-order chi connectivity index (χ1) is 11.2. The molecule has 23 heavy (non-hydrogen) atoms. The third-order valence-electron chi connectivity index (χ3n) is 3.11. The minimum absolute atomic E-state index is 0.168. The van der Waals surface area contributed by atoms with Gasteiger partial charge in [-0.25, -0.2) is 4.39 Å². The number of nitrogens with one attached hydrogen (secondary N) is 1. The van der Waals surface area contributed by atoms with Gasteiger partial charge >= 0.3 is 0 Å². The van der Waals surface area contributed by atoms with Gasteiger partial charge in [0.1, 0.15) is 23.9 Å². The van der Waals surface area contributed by atoms with Crippen LogP contribution in [-0.2, 0) is 6.61 Å². The van der Waals surface area contributed by atoms with E-state index in [-0.39, 0.29) is 18.2 Å². The molecule has 0 saturated heterocycles. The van der Waals surface area contributed by atoms with Crippen LogP contribution < -0.4 is 10.1 Å². The summed E-state index contributed by atoms with van der Waals surface area (Å²) < 4.78 is 23.8. The third kappa shape index (κ3) is 3.97. The summed E-state index contributed by atoms with van der Waals surface area (Å²) in [6.45, 7) is 0.230. The van der Waals surface area contributed by atoms with Gasteiger partial charge in [-0.1, -0.05) is 18.2 Å². The van der Waals surface area contributed by atoms with Gasteiger partial charge in [-0.05, 0) is 48.5 Å². The Morgan fingerprint density at radius 1 is 1.00 bits per heavy atom. The number of anilines is 1. The Labute approximate surface area is 132 Å². The van der Waals surface area contributed by atoms with Crippen LogP contribution in [0.3, 0.4) is 0 Å². The number of ether oxygens (including phenoxy) is 1. The van der Waals surface area contributed by atoms with Crippen LogP contribution in [0.15, 0.2) is 71.1 Å². The molecule has 1 heterocycles. The first kappa shape index (κ1) is 14.8. The maximum Gasteiger partial charge on any atom is 0.291 e. The summed E-state index contributed by atoms with van der Waals surface area (Å²) in [6, 6.07) is 18.1. The molecular weight excluding hydrogens is 297 g/mol. The Bertz CT molecular complexity index is 782. The predicted octanol–water partition coefficient (Wildman–Crippen LogP) is 4.25. The van der Waals surface area contributed by atoms with E-state index in [0.29, 0.717) is 11.4 Å². The largest absolute Gasteiger partial charge is 0.486 e. The van der Waals surface area contributed by atoms with Crippen molar-refractivity contribution in [1.82, 2.24) is 0 Å². The average molecular weight is 311 g/mol. The molecule has 1 aromatic heterocycles. The number of benzene rings is 2. The van der Waals surface area contributed by atoms with E-state index in [0.717, 1.165) is 5.75 Å². The summed E-state index contributed by atoms with van der Waals surface area (Å²) in [5.41, 5.74) is 0.495. The van der Waals surface area contributed by atoms with Crippen molar-refractivity contribution in [2.75, 3.05) is 5.32 Å². The number of hydrogen-bond acceptors (Lipinski definition) is 3. The number of para-hydroxylation sites is 1. The molecule has 1 N–H and O–H groups in total. The van der Waals surface area contributed by atoms with Crippen molar-refractivity contribution in [1.29, 1.82) is 0 Å². The van der Waals surface area contributed by atoms with Gasteiger partial charge < -0.3 is 14.5 Å². The lowest BCUT2D eigenvalue weighted by Gasteiger charge is -2.04. The van der Waals surface area contributed by atoms with Crippen LogP contribution in [0, 0.1) is 5.82 Å². The van der Waals surface area contributed by atoms with Gasteiger partial charge in [-0.3, -0.25) is 4.79 Å². The lowest BCUT2D eigenvalue weighted by atomic mass is 10.3. The zero-order valence-electron chi connectivity index (χ0n) is 12.2. The molecule has 1 amide bonds. The fraction of sp³-hybridized carbons (Fsp3) is 0.0556. The van der Waals surface area contributed by atoms with Gasteiger partial charge in [0.15, 0.2) is 5.76 Å². The first-order valence-corrected chi connectivity index (χ1v) is 7.04. The molecule has 2 aromatic carbocycles. The van der Waals surface area contributed by atoms with Crippen molar-refractivity contribution in [2.24, 2.45) is 0 Å². The maximum atomic E-state index is 12.8. The molecule has 5 heteroatoms. The summed E-state index contributed by atoms with van der Waals surface area (Å²) in [6.07, 6.45) is 0. The van der Waals surface area contributed by atoms with Gasteiger partial charge in [-0.2, -0.15) is 0 Å². The van der Waals surface area contributed by atoms with Gasteiger partial charge in [0.2, 0.25) is 0 Å². The second-order valence-corrected chi connectivity index (χ2v) is 4.83. The molecule has 0 aliphatic rings. The lowest BCUT2D eigenvalue weighted by molar-refractivity contribution is 0.0992. The van der Waals surface area contributed by atoms with Crippen molar-refractivity contribution in [2.45, 2.75) is 6.61 Å². The van der Waals surface area contributed by atoms with Crippen LogP contribution >= 0.6 is 0 Å². The minimum Gasteiger partial charge on any atom is -0.486 e. The monoisotopic (exact) mass is 311 g/mol. The fourth-order valence-corrected chi connectivity index (χ4v) is 1.97. The number of amides is 1. The van der Waals surface area contributed by atoms with Crippen LogP contribution in [-0.4, -0.2) is 5.91 Å². The molecule has 0 bridgehead atoms. The maximum absolute atomic E-state index is 12.8. The molecule has 0 unspecified atom stereocenters. The summed E-state index contributed by atoms with van der Waals surface area (Å²) in [5, 5.41) is 2.63. The highest BCUT2D eigenvalue weighted by Crippen LogP contribution is 2.15. The van der Waals surface area contributed by atoms with Crippen molar-refractivity contribution in [3.8, 4) is 5.75 Å². The van der Waals surface area contributed by atoms with E-state index in [4.69, 9.17) is 9.15 Å². The summed E-state index contributed by atoms with van der Waals surface area (Å²) >= 11 is 0. The fourth-order valence-electron chi connectivity index (χ4n) is 1.97. The Balaban J connectivity index is 1.59. The number of rotatable bonds is 5. The number of carbonyl (C=O) groups excluding carboxylic acids is 1. The Hall–Kier alpha value is -3.08. The molecular formula is C18H14FNO3. The van der Waals surface area contributed by atoms with Crippen molar-refractivity contribution in [3.05, 3.63) is 84.1 Å². The van der Waals surface area contributed by atoms with Gasteiger partial charge in [0.25, 0.3) is 5.91 Å². The van der Waals surface area contributed by atoms with Crippen LogP contribution in [0.1, 0.15) is 16.3 Å². The Morgan fingerprint density at radius 2 is 1.74 bits per heavy atom. The van der Waals surface area contributed by atoms with E-state index in [1.54, 1.807) is 12.1 Å². The van der Waals surface area contributed by atoms with Crippen molar-refractivity contribution in [3.63, 3.8) is 0 Å². The lowest BCUT2D eigenvalue weighted by Crippen LogP contribution is -2.10. The molecule has 0 atom stereocenters. The molecule has 0 radical (unpaired) electrons. The molecule has 116 valence electrons. The SMILES string of the molecule is O=C(Nc1ccc(F)cc1)c1ccc(COc2ccccc2)o1. The van der Waals surface area contributed by atoms with E-state index in [1.807, 2.05) is 30.3 Å². The smallest absolute Gasteiger partial charge is 0.291 e. The zero-order valence-corrected chi connectivity index (χ0v) is 12.2. The normalized spacial score (nSPS) is 10.3. The summed E-state index contributed by atoms with van der Waals surface area (Å²) in [4.78, 5) is 12.0. The number of halogens is 1. The van der Waals surface area contributed by atoms with Crippen molar-refractivity contribution < 1.29 is 18.3 Å². The van der Waals surface area contributed by atoms with Crippen LogP contribution in [0.4, 0.5) is 10.1 Å². The second kappa shape index (κ2) is 6.79. The predicted molar refractivity (Wildman–Crippen MR) is 83.8 cm³/mol.